The molecule has 0 bridgehead atoms. The number of hydrogen-bond acceptors (Lipinski definition) is 8. The number of carbonyl (C=O) groups excluding carboxylic acids is 1. The Morgan fingerprint density at radius 1 is 1.20 bits per heavy atom. The summed E-state index contributed by atoms with van der Waals surface area (Å²) in [7, 11) is 4.16. The van der Waals surface area contributed by atoms with E-state index in [2.05, 4.69) is 53.4 Å². The van der Waals surface area contributed by atoms with E-state index in [0.29, 0.717) is 43.7 Å². The number of amides is 1. The van der Waals surface area contributed by atoms with Crippen LogP contribution in [0.2, 0.25) is 0 Å². The highest BCUT2D eigenvalue weighted by Crippen LogP contribution is 2.46. The molecule has 1 saturated heterocycles. The van der Waals surface area contributed by atoms with Crippen LogP contribution in [-0.2, 0) is 13.1 Å². The third kappa shape index (κ3) is 5.45. The van der Waals surface area contributed by atoms with Crippen molar-refractivity contribution in [3.05, 3.63) is 50.7 Å². The van der Waals surface area contributed by atoms with Crippen LogP contribution in [0.3, 0.4) is 0 Å². The number of ether oxygens (including phenoxy) is 1. The lowest BCUT2D eigenvalue weighted by Crippen LogP contribution is -2.43. The largest absolute Gasteiger partial charge is 0.508 e. The minimum Gasteiger partial charge on any atom is -0.508 e. The standard InChI is InChI=1S/C30H36IN5O4/c1-18-9-21(38)13-35(12-18)27-23-14-36(28(39)22-11-20(37)10-19-5-4-6-24(31)26(19)22)15-25(23)32-29(33-27)40-17-30(7-8-30)16-34(2)3/h4-6,10-11,18,21,37-38H,7-9,12-17H2,1-3H3/t18-,21+/m0/s1. The van der Waals surface area contributed by atoms with Crippen molar-refractivity contribution in [2.75, 3.05) is 45.2 Å². The summed E-state index contributed by atoms with van der Waals surface area (Å²) in [6.07, 6.45) is 2.57. The highest BCUT2D eigenvalue weighted by Gasteiger charge is 2.44. The van der Waals surface area contributed by atoms with Crippen LogP contribution in [-0.4, -0.2) is 82.3 Å². The van der Waals surface area contributed by atoms with Crippen LogP contribution in [0.5, 0.6) is 11.8 Å². The van der Waals surface area contributed by atoms with Gasteiger partial charge in [0.15, 0.2) is 0 Å². The van der Waals surface area contributed by atoms with Gasteiger partial charge in [0.2, 0.25) is 0 Å². The monoisotopic (exact) mass is 657 g/mol. The van der Waals surface area contributed by atoms with Crippen molar-refractivity contribution >= 4 is 45.1 Å². The Morgan fingerprint density at radius 2 is 2.00 bits per heavy atom. The molecule has 1 aliphatic carbocycles. The van der Waals surface area contributed by atoms with Crippen molar-refractivity contribution in [1.29, 1.82) is 0 Å². The Hall–Kier alpha value is -2.70. The average Bonchev–Trinajstić information content (AvgIpc) is 3.50. The molecular weight excluding hydrogens is 621 g/mol. The molecule has 3 heterocycles. The number of benzene rings is 2. The number of β-amino-alcohol motifs (C(OH)–C–C–N with tert-alkyl or cyclic N) is 1. The van der Waals surface area contributed by atoms with Gasteiger partial charge < -0.3 is 29.6 Å². The molecular formula is C30H36IN5O4. The smallest absolute Gasteiger partial charge is 0.318 e. The summed E-state index contributed by atoms with van der Waals surface area (Å²) in [5.41, 5.74) is 2.28. The van der Waals surface area contributed by atoms with Gasteiger partial charge in [-0.05, 0) is 85.5 Å². The topological polar surface area (TPSA) is 102 Å². The summed E-state index contributed by atoms with van der Waals surface area (Å²) >= 11 is 2.24. The van der Waals surface area contributed by atoms with Gasteiger partial charge in [0.1, 0.15) is 11.6 Å². The zero-order valence-electron chi connectivity index (χ0n) is 23.2. The van der Waals surface area contributed by atoms with E-state index in [4.69, 9.17) is 14.7 Å². The fourth-order valence-corrected chi connectivity index (χ4v) is 7.10. The van der Waals surface area contributed by atoms with Crippen LogP contribution >= 0.6 is 22.6 Å². The number of fused-ring (bicyclic) bond motifs is 2. The molecule has 2 N–H and O–H groups in total. The van der Waals surface area contributed by atoms with Crippen molar-refractivity contribution in [3.63, 3.8) is 0 Å². The van der Waals surface area contributed by atoms with E-state index in [9.17, 15) is 15.0 Å². The van der Waals surface area contributed by atoms with Gasteiger partial charge in [-0.3, -0.25) is 4.79 Å². The van der Waals surface area contributed by atoms with Crippen molar-refractivity contribution in [2.24, 2.45) is 11.3 Å². The Labute approximate surface area is 248 Å². The lowest BCUT2D eigenvalue weighted by atomic mass is 9.97. The summed E-state index contributed by atoms with van der Waals surface area (Å²) < 4.78 is 7.19. The van der Waals surface area contributed by atoms with Crippen LogP contribution in [0, 0.1) is 14.9 Å². The fraction of sp³-hybridized carbons (Fsp3) is 0.500. The lowest BCUT2D eigenvalue weighted by molar-refractivity contribution is 0.0751. The molecule has 9 nitrogen and oxygen atoms in total. The third-order valence-corrected chi connectivity index (χ3v) is 9.12. The number of nitrogens with zero attached hydrogens (tertiary/aromatic N) is 5. The Bertz CT molecular complexity index is 1450. The van der Waals surface area contributed by atoms with E-state index < -0.39 is 6.10 Å². The van der Waals surface area contributed by atoms with E-state index in [0.717, 1.165) is 63.8 Å². The number of hydrogen-bond donors (Lipinski definition) is 2. The van der Waals surface area contributed by atoms with E-state index in [1.54, 1.807) is 17.0 Å². The maximum Gasteiger partial charge on any atom is 0.318 e. The quantitative estimate of drug-likeness (QED) is 0.368. The predicted molar refractivity (Wildman–Crippen MR) is 162 cm³/mol. The number of carbonyl (C=O) groups is 1. The molecule has 1 amide bonds. The molecule has 2 fully saturated rings. The molecule has 3 aliphatic rings. The zero-order valence-corrected chi connectivity index (χ0v) is 25.4. The number of aromatic hydroxyl groups is 1. The number of phenolic OH excluding ortho intramolecular Hbond substituents is 1. The molecule has 1 saturated carbocycles. The van der Waals surface area contributed by atoms with Gasteiger partial charge >= 0.3 is 6.01 Å². The Balaban J connectivity index is 1.33. The Kier molecular flexibility index (Phi) is 7.28. The molecule has 3 aromatic rings. The highest BCUT2D eigenvalue weighted by molar-refractivity contribution is 14.1. The molecule has 6 rings (SSSR count). The van der Waals surface area contributed by atoms with Crippen LogP contribution in [0.4, 0.5) is 5.82 Å². The second-order valence-corrected chi connectivity index (χ2v) is 13.3. The summed E-state index contributed by atoms with van der Waals surface area (Å²) in [5, 5.41) is 22.6. The summed E-state index contributed by atoms with van der Waals surface area (Å²) in [6.45, 7) is 5.59. The number of rotatable bonds is 7. The first kappa shape index (κ1) is 27.5. The minimum absolute atomic E-state index is 0.0637. The summed E-state index contributed by atoms with van der Waals surface area (Å²) in [4.78, 5) is 29.7. The number of anilines is 1. The van der Waals surface area contributed by atoms with E-state index in [1.165, 1.54) is 0 Å². The van der Waals surface area contributed by atoms with E-state index in [-0.39, 0.29) is 17.1 Å². The molecule has 2 aliphatic heterocycles. The minimum atomic E-state index is -0.437. The molecule has 1 aromatic heterocycles. The molecule has 2 atom stereocenters. The molecule has 40 heavy (non-hydrogen) atoms. The molecule has 0 spiro atoms. The van der Waals surface area contributed by atoms with Crippen molar-refractivity contribution in [1.82, 2.24) is 19.8 Å². The van der Waals surface area contributed by atoms with Crippen molar-refractivity contribution < 1.29 is 19.7 Å². The molecule has 10 heteroatoms. The second-order valence-electron chi connectivity index (χ2n) is 12.2. The normalized spacial score (nSPS) is 21.6. The number of piperidine rings is 1. The van der Waals surface area contributed by atoms with Crippen LogP contribution in [0.1, 0.15) is 47.8 Å². The van der Waals surface area contributed by atoms with E-state index in [1.807, 2.05) is 18.2 Å². The maximum absolute atomic E-state index is 14.0. The van der Waals surface area contributed by atoms with Gasteiger partial charge in [0, 0.05) is 39.6 Å². The highest BCUT2D eigenvalue weighted by atomic mass is 127. The summed E-state index contributed by atoms with van der Waals surface area (Å²) in [6, 6.07) is 9.37. The van der Waals surface area contributed by atoms with Gasteiger partial charge in [-0.15, -0.1) is 0 Å². The second kappa shape index (κ2) is 10.6. The van der Waals surface area contributed by atoms with Gasteiger partial charge in [-0.25, -0.2) is 0 Å². The van der Waals surface area contributed by atoms with Gasteiger partial charge in [0.25, 0.3) is 5.91 Å². The SMILES string of the molecule is C[C@H]1C[C@@H](O)CN(c2nc(OCC3(CN(C)C)CC3)nc3c2CN(C(=O)c2cc(O)cc4cccc(I)c24)C3)C1. The van der Waals surface area contributed by atoms with Gasteiger partial charge in [0.05, 0.1) is 37.1 Å². The number of aliphatic hydroxyl groups excluding tert-OH is 1. The van der Waals surface area contributed by atoms with E-state index >= 15 is 0 Å². The third-order valence-electron chi connectivity index (χ3n) is 8.22. The van der Waals surface area contributed by atoms with Gasteiger partial charge in [-0.2, -0.15) is 9.97 Å². The number of phenols is 1. The van der Waals surface area contributed by atoms with Crippen molar-refractivity contribution in [3.8, 4) is 11.8 Å². The number of aliphatic hydroxyl groups is 1. The molecule has 0 unspecified atom stereocenters. The first-order valence-corrected chi connectivity index (χ1v) is 15.0. The first-order chi connectivity index (χ1) is 19.1. The first-order valence-electron chi connectivity index (χ1n) is 13.9. The summed E-state index contributed by atoms with van der Waals surface area (Å²) in [5.74, 6) is 0.960. The van der Waals surface area contributed by atoms with Gasteiger partial charge in [-0.1, -0.05) is 19.1 Å². The molecule has 0 radical (unpaired) electrons. The molecule has 2 aromatic carbocycles. The number of halogens is 1. The lowest BCUT2D eigenvalue weighted by Gasteiger charge is -2.35. The Morgan fingerprint density at radius 3 is 2.73 bits per heavy atom. The number of aromatic nitrogens is 2. The fourth-order valence-electron chi connectivity index (χ4n) is 6.30. The predicted octanol–water partition coefficient (Wildman–Crippen LogP) is 4.02. The van der Waals surface area contributed by atoms with Crippen LogP contribution in [0.25, 0.3) is 10.8 Å². The zero-order chi connectivity index (χ0) is 28.2. The average molecular weight is 658 g/mol. The van der Waals surface area contributed by atoms with Crippen LogP contribution in [0.15, 0.2) is 30.3 Å². The van der Waals surface area contributed by atoms with Crippen molar-refractivity contribution in [2.45, 2.75) is 45.4 Å². The van der Waals surface area contributed by atoms with Crippen LogP contribution < -0.4 is 9.64 Å². The molecule has 212 valence electrons. The maximum atomic E-state index is 14.0.